The molecule has 1 N–H and O–H groups in total. The minimum Gasteiger partial charge on any atom is -0.385 e. The second-order valence-corrected chi connectivity index (χ2v) is 4.94. The molecule has 0 bridgehead atoms. The summed E-state index contributed by atoms with van der Waals surface area (Å²) in [6.45, 7) is 7.63. The van der Waals surface area contributed by atoms with Crippen LogP contribution in [0, 0.1) is 11.2 Å². The van der Waals surface area contributed by atoms with Crippen molar-refractivity contribution in [3.63, 3.8) is 0 Å². The van der Waals surface area contributed by atoms with E-state index in [0.29, 0.717) is 12.0 Å². The Balaban J connectivity index is 3.30. The van der Waals surface area contributed by atoms with Gasteiger partial charge in [0.15, 0.2) is 0 Å². The summed E-state index contributed by atoms with van der Waals surface area (Å²) >= 11 is 0. The Morgan fingerprint density at radius 2 is 1.73 bits per heavy atom. The van der Waals surface area contributed by atoms with Crippen LogP contribution in [-0.2, 0) is 5.60 Å². The van der Waals surface area contributed by atoms with Crippen molar-refractivity contribution in [3.05, 3.63) is 35.6 Å². The van der Waals surface area contributed by atoms with E-state index in [-0.39, 0.29) is 11.2 Å². The zero-order valence-electron chi connectivity index (χ0n) is 9.84. The highest BCUT2D eigenvalue weighted by atomic mass is 19.1. The lowest BCUT2D eigenvalue weighted by Gasteiger charge is -2.40. The van der Waals surface area contributed by atoms with Gasteiger partial charge in [0.25, 0.3) is 0 Å². The molecule has 0 aliphatic rings. The van der Waals surface area contributed by atoms with Crippen molar-refractivity contribution in [2.45, 2.75) is 39.7 Å². The normalized spacial score (nSPS) is 16.1. The Kier molecular flexibility index (Phi) is 3.19. The summed E-state index contributed by atoms with van der Waals surface area (Å²) in [5.74, 6) is -0.336. The van der Waals surface area contributed by atoms with Gasteiger partial charge in [0.05, 0.1) is 5.60 Å². The first kappa shape index (κ1) is 12.2. The number of halogens is 1. The third kappa shape index (κ3) is 2.05. The van der Waals surface area contributed by atoms with Crippen molar-refractivity contribution in [3.8, 4) is 0 Å². The predicted molar refractivity (Wildman–Crippen MR) is 60.0 cm³/mol. The van der Waals surface area contributed by atoms with Gasteiger partial charge < -0.3 is 5.11 Å². The number of hydrogen-bond acceptors (Lipinski definition) is 1. The number of hydrogen-bond donors (Lipinski definition) is 1. The molecule has 0 heterocycles. The Morgan fingerprint density at radius 1 is 1.20 bits per heavy atom. The van der Waals surface area contributed by atoms with E-state index in [1.165, 1.54) is 6.07 Å². The molecule has 1 atom stereocenters. The molecule has 0 saturated carbocycles. The first-order valence-electron chi connectivity index (χ1n) is 5.30. The first-order valence-corrected chi connectivity index (χ1v) is 5.30. The van der Waals surface area contributed by atoms with Gasteiger partial charge in [-0.2, -0.15) is 0 Å². The number of aliphatic hydroxyl groups is 1. The van der Waals surface area contributed by atoms with E-state index in [1.807, 2.05) is 27.7 Å². The van der Waals surface area contributed by atoms with E-state index < -0.39 is 5.60 Å². The first-order chi connectivity index (χ1) is 6.83. The van der Waals surface area contributed by atoms with Crippen LogP contribution >= 0.6 is 0 Å². The molecule has 0 radical (unpaired) electrons. The minimum absolute atomic E-state index is 0.336. The topological polar surface area (TPSA) is 20.2 Å². The van der Waals surface area contributed by atoms with Gasteiger partial charge in [0.2, 0.25) is 0 Å². The molecule has 1 rings (SSSR count). The summed E-state index contributed by atoms with van der Waals surface area (Å²) in [5.41, 5.74) is -1.11. The third-order valence-electron chi connectivity index (χ3n) is 3.07. The zero-order valence-corrected chi connectivity index (χ0v) is 9.84. The van der Waals surface area contributed by atoms with E-state index in [9.17, 15) is 9.50 Å². The van der Waals surface area contributed by atoms with E-state index in [2.05, 4.69) is 0 Å². The van der Waals surface area contributed by atoms with Crippen LogP contribution in [0.3, 0.4) is 0 Å². The Bertz CT molecular complexity index is 341. The Morgan fingerprint density at radius 3 is 2.13 bits per heavy atom. The molecule has 0 spiro atoms. The summed E-state index contributed by atoms with van der Waals surface area (Å²) in [6.07, 6.45) is 0.497. The van der Waals surface area contributed by atoms with Gasteiger partial charge in [0, 0.05) is 5.56 Å². The van der Waals surface area contributed by atoms with Crippen LogP contribution in [0.4, 0.5) is 4.39 Å². The van der Waals surface area contributed by atoms with Crippen LogP contribution in [0.15, 0.2) is 24.3 Å². The van der Waals surface area contributed by atoms with Crippen molar-refractivity contribution in [2.24, 2.45) is 5.41 Å². The average Bonchev–Trinajstić information content (AvgIpc) is 2.15. The summed E-state index contributed by atoms with van der Waals surface area (Å²) in [5, 5.41) is 10.6. The summed E-state index contributed by atoms with van der Waals surface area (Å²) in [7, 11) is 0. The van der Waals surface area contributed by atoms with Crippen molar-refractivity contribution in [2.75, 3.05) is 0 Å². The lowest BCUT2D eigenvalue weighted by Crippen LogP contribution is -2.40. The van der Waals surface area contributed by atoms with Crippen LogP contribution in [-0.4, -0.2) is 5.11 Å². The lowest BCUT2D eigenvalue weighted by molar-refractivity contribution is -0.0700. The fourth-order valence-corrected chi connectivity index (χ4v) is 1.92. The van der Waals surface area contributed by atoms with Crippen LogP contribution in [0.1, 0.15) is 39.7 Å². The second-order valence-electron chi connectivity index (χ2n) is 4.94. The fourth-order valence-electron chi connectivity index (χ4n) is 1.92. The maximum absolute atomic E-state index is 13.6. The summed E-state index contributed by atoms with van der Waals surface area (Å²) < 4.78 is 13.6. The fraction of sp³-hybridized carbons (Fsp3) is 0.538. The van der Waals surface area contributed by atoms with Gasteiger partial charge in [-0.25, -0.2) is 4.39 Å². The molecular formula is C13H19FO. The molecule has 1 nitrogen and oxygen atoms in total. The molecule has 1 aromatic rings. The van der Waals surface area contributed by atoms with Gasteiger partial charge in [-0.15, -0.1) is 0 Å². The van der Waals surface area contributed by atoms with Gasteiger partial charge >= 0.3 is 0 Å². The molecule has 0 fully saturated rings. The standard InChI is InChI=1S/C13H19FO/c1-5-13(15,12(2,3)4)10-8-6-7-9-11(10)14/h6-9,15H,5H2,1-4H3. The molecule has 84 valence electrons. The molecule has 15 heavy (non-hydrogen) atoms. The Labute approximate surface area is 90.9 Å². The summed E-state index contributed by atoms with van der Waals surface area (Å²) in [6, 6.07) is 6.44. The van der Waals surface area contributed by atoms with Crippen LogP contribution < -0.4 is 0 Å². The van der Waals surface area contributed by atoms with Crippen LogP contribution in [0.5, 0.6) is 0 Å². The van der Waals surface area contributed by atoms with Crippen molar-refractivity contribution >= 4 is 0 Å². The van der Waals surface area contributed by atoms with Crippen LogP contribution in [0.25, 0.3) is 0 Å². The molecule has 2 heteroatoms. The molecular weight excluding hydrogens is 191 g/mol. The quantitative estimate of drug-likeness (QED) is 0.792. The van der Waals surface area contributed by atoms with Gasteiger partial charge in [-0.05, 0) is 17.9 Å². The van der Waals surface area contributed by atoms with E-state index in [4.69, 9.17) is 0 Å². The second kappa shape index (κ2) is 3.93. The number of rotatable bonds is 2. The van der Waals surface area contributed by atoms with E-state index in [0.717, 1.165) is 0 Å². The molecule has 1 aromatic carbocycles. The van der Waals surface area contributed by atoms with Crippen LogP contribution in [0.2, 0.25) is 0 Å². The molecule has 0 aliphatic heterocycles. The maximum atomic E-state index is 13.6. The van der Waals surface area contributed by atoms with Gasteiger partial charge in [-0.1, -0.05) is 45.9 Å². The largest absolute Gasteiger partial charge is 0.385 e. The van der Waals surface area contributed by atoms with Crippen molar-refractivity contribution in [1.82, 2.24) is 0 Å². The van der Waals surface area contributed by atoms with E-state index in [1.54, 1.807) is 18.2 Å². The highest BCUT2D eigenvalue weighted by Gasteiger charge is 2.41. The minimum atomic E-state index is -1.11. The number of benzene rings is 1. The predicted octanol–water partition coefficient (Wildman–Crippen LogP) is 3.47. The molecule has 0 aliphatic carbocycles. The smallest absolute Gasteiger partial charge is 0.129 e. The van der Waals surface area contributed by atoms with Crippen molar-refractivity contribution < 1.29 is 9.50 Å². The molecule has 0 saturated heterocycles. The van der Waals surface area contributed by atoms with Gasteiger partial charge in [-0.3, -0.25) is 0 Å². The highest BCUT2D eigenvalue weighted by molar-refractivity contribution is 5.26. The third-order valence-corrected chi connectivity index (χ3v) is 3.07. The summed E-state index contributed by atoms with van der Waals surface area (Å²) in [4.78, 5) is 0. The lowest BCUT2D eigenvalue weighted by atomic mass is 9.70. The maximum Gasteiger partial charge on any atom is 0.129 e. The monoisotopic (exact) mass is 210 g/mol. The average molecular weight is 210 g/mol. The highest BCUT2D eigenvalue weighted by Crippen LogP contribution is 2.42. The van der Waals surface area contributed by atoms with Crippen molar-refractivity contribution in [1.29, 1.82) is 0 Å². The molecule has 0 amide bonds. The molecule has 1 unspecified atom stereocenters. The SMILES string of the molecule is CCC(O)(c1ccccc1F)C(C)(C)C. The Hall–Kier alpha value is -0.890. The van der Waals surface area contributed by atoms with E-state index >= 15 is 0 Å². The zero-order chi connectivity index (χ0) is 11.7. The molecule has 0 aromatic heterocycles. The van der Waals surface area contributed by atoms with Gasteiger partial charge in [0.1, 0.15) is 5.82 Å².